The van der Waals surface area contributed by atoms with Gasteiger partial charge in [-0.3, -0.25) is 0 Å². The van der Waals surface area contributed by atoms with Gasteiger partial charge in [-0.25, -0.2) is 0 Å². The molecule has 13 rings (SSSR count). The van der Waals surface area contributed by atoms with Gasteiger partial charge in [0.05, 0.1) is 11.1 Å². The fraction of sp³-hybridized carbons (Fsp3) is 0.0164. The summed E-state index contributed by atoms with van der Waals surface area (Å²) in [6, 6.07) is 88.0. The Morgan fingerprint density at radius 3 is 1.52 bits per heavy atom. The monoisotopic (exact) mass is 785 g/mol. The summed E-state index contributed by atoms with van der Waals surface area (Å²) >= 11 is 0. The predicted octanol–water partition coefficient (Wildman–Crippen LogP) is 16.3. The van der Waals surface area contributed by atoms with E-state index in [0.29, 0.717) is 0 Å². The summed E-state index contributed by atoms with van der Waals surface area (Å²) in [6.07, 6.45) is 0. The maximum absolute atomic E-state index is 2.52. The number of rotatable bonds is 5. The van der Waals surface area contributed by atoms with Crippen molar-refractivity contribution in [1.82, 2.24) is 0 Å². The number of anilines is 3. The molecule has 11 aromatic carbocycles. The number of benzene rings is 11. The number of hydrogen-bond donors (Lipinski definition) is 0. The second-order valence-electron chi connectivity index (χ2n) is 16.7. The van der Waals surface area contributed by atoms with Gasteiger partial charge in [0.2, 0.25) is 0 Å². The quantitative estimate of drug-likeness (QED) is 0.157. The SMILES string of the molecule is c1ccc(-c2c(N(c3cccc(-c4cc5ccccc5c5ccccc45)c3)c3ccc4c(c3)C3(c5ccccc5-c5ccccc53)c3ccccc3-4)ccc3ccccc23)cc1. The van der Waals surface area contributed by atoms with Crippen LogP contribution in [0.15, 0.2) is 237 Å². The molecule has 0 atom stereocenters. The average molecular weight is 786 g/mol. The van der Waals surface area contributed by atoms with E-state index in [1.807, 2.05) is 0 Å². The molecule has 1 heteroatoms. The third-order valence-corrected chi connectivity index (χ3v) is 13.6. The summed E-state index contributed by atoms with van der Waals surface area (Å²) in [5.41, 5.74) is 18.2. The summed E-state index contributed by atoms with van der Waals surface area (Å²) in [6.45, 7) is 0. The normalized spacial score (nSPS) is 13.0. The van der Waals surface area contributed by atoms with Gasteiger partial charge in [0.1, 0.15) is 0 Å². The van der Waals surface area contributed by atoms with Crippen LogP contribution in [0.4, 0.5) is 17.1 Å². The molecule has 288 valence electrons. The molecule has 0 fully saturated rings. The van der Waals surface area contributed by atoms with Crippen molar-refractivity contribution in [3.8, 4) is 44.5 Å². The molecular weight excluding hydrogens is 747 g/mol. The van der Waals surface area contributed by atoms with Gasteiger partial charge in [-0.2, -0.15) is 0 Å². The maximum atomic E-state index is 2.52. The van der Waals surface area contributed by atoms with Crippen LogP contribution in [0.2, 0.25) is 0 Å². The fourth-order valence-electron chi connectivity index (χ4n) is 11.1. The van der Waals surface area contributed by atoms with E-state index in [-0.39, 0.29) is 0 Å². The lowest BCUT2D eigenvalue weighted by molar-refractivity contribution is 0.793. The van der Waals surface area contributed by atoms with Gasteiger partial charge in [-0.1, -0.05) is 200 Å². The summed E-state index contributed by atoms with van der Waals surface area (Å²) in [4.78, 5) is 2.52. The highest BCUT2D eigenvalue weighted by Gasteiger charge is 2.51. The lowest BCUT2D eigenvalue weighted by Crippen LogP contribution is -2.26. The van der Waals surface area contributed by atoms with Gasteiger partial charge in [0, 0.05) is 16.9 Å². The summed E-state index contributed by atoms with van der Waals surface area (Å²) < 4.78 is 0. The molecule has 0 radical (unpaired) electrons. The molecule has 0 bridgehead atoms. The van der Waals surface area contributed by atoms with Crippen molar-refractivity contribution >= 4 is 49.4 Å². The standard InChI is InChI=1S/C61H39N/c1-2-18-41(19-3-1)60-47-24-7-4-17-40(47)33-36-59(60)62(44-22-16-21-42(37-44)54-38-43-20-5-6-23-46(43)48-25-8-9-26-49(48)54)45-34-35-53-52-29-12-15-32-57(52)61(58(53)39-45)55-30-13-10-27-50(55)51-28-11-14-31-56(51)61/h1-39H. The molecule has 0 aromatic heterocycles. The second kappa shape index (κ2) is 13.5. The Morgan fingerprint density at radius 1 is 0.274 bits per heavy atom. The second-order valence-corrected chi connectivity index (χ2v) is 16.7. The minimum Gasteiger partial charge on any atom is -0.310 e. The molecule has 0 aliphatic heterocycles. The van der Waals surface area contributed by atoms with Gasteiger partial charge in [-0.15, -0.1) is 0 Å². The first kappa shape index (κ1) is 34.8. The molecular formula is C61H39N. The van der Waals surface area contributed by atoms with Gasteiger partial charge >= 0.3 is 0 Å². The molecule has 0 saturated carbocycles. The van der Waals surface area contributed by atoms with E-state index < -0.39 is 5.41 Å². The lowest BCUT2D eigenvalue weighted by Gasteiger charge is -2.33. The zero-order chi connectivity index (χ0) is 40.8. The van der Waals surface area contributed by atoms with E-state index in [0.717, 1.165) is 17.1 Å². The van der Waals surface area contributed by atoms with Crippen LogP contribution >= 0.6 is 0 Å². The highest BCUT2D eigenvalue weighted by molar-refractivity contribution is 6.14. The first-order valence-electron chi connectivity index (χ1n) is 21.6. The molecule has 11 aromatic rings. The molecule has 2 aliphatic carbocycles. The Balaban J connectivity index is 1.11. The minimum absolute atomic E-state index is 0.460. The smallest absolute Gasteiger partial charge is 0.0726 e. The number of fused-ring (bicyclic) bond motifs is 14. The summed E-state index contributed by atoms with van der Waals surface area (Å²) in [5, 5.41) is 7.47. The van der Waals surface area contributed by atoms with Crippen LogP contribution in [-0.2, 0) is 5.41 Å². The first-order chi connectivity index (χ1) is 30.8. The van der Waals surface area contributed by atoms with Crippen LogP contribution in [0.5, 0.6) is 0 Å². The third kappa shape index (κ3) is 4.91. The van der Waals surface area contributed by atoms with Crippen molar-refractivity contribution in [2.24, 2.45) is 0 Å². The van der Waals surface area contributed by atoms with Crippen molar-refractivity contribution < 1.29 is 0 Å². The van der Waals surface area contributed by atoms with Crippen LogP contribution in [0.3, 0.4) is 0 Å². The van der Waals surface area contributed by atoms with E-state index in [1.165, 1.54) is 99.1 Å². The van der Waals surface area contributed by atoms with Crippen molar-refractivity contribution in [1.29, 1.82) is 0 Å². The largest absolute Gasteiger partial charge is 0.310 e. The maximum Gasteiger partial charge on any atom is 0.0726 e. The molecule has 2 aliphatic rings. The fourth-order valence-corrected chi connectivity index (χ4v) is 11.1. The molecule has 0 saturated heterocycles. The molecule has 0 unspecified atom stereocenters. The third-order valence-electron chi connectivity index (χ3n) is 13.6. The Kier molecular flexibility index (Phi) is 7.59. The van der Waals surface area contributed by atoms with Gasteiger partial charge in [0.25, 0.3) is 0 Å². The number of nitrogens with zero attached hydrogens (tertiary/aromatic N) is 1. The highest BCUT2D eigenvalue weighted by Crippen LogP contribution is 2.63. The zero-order valence-corrected chi connectivity index (χ0v) is 34.0. The molecule has 1 nitrogen and oxygen atoms in total. The van der Waals surface area contributed by atoms with Crippen LogP contribution in [0.1, 0.15) is 22.3 Å². The summed E-state index contributed by atoms with van der Waals surface area (Å²) in [7, 11) is 0. The van der Waals surface area contributed by atoms with E-state index in [4.69, 9.17) is 0 Å². The number of hydrogen-bond acceptors (Lipinski definition) is 1. The van der Waals surface area contributed by atoms with Crippen molar-refractivity contribution in [3.05, 3.63) is 259 Å². The van der Waals surface area contributed by atoms with E-state index in [2.05, 4.69) is 241 Å². The summed E-state index contributed by atoms with van der Waals surface area (Å²) in [5.74, 6) is 0. The average Bonchev–Trinajstić information content (AvgIpc) is 3.81. The topological polar surface area (TPSA) is 3.24 Å². The van der Waals surface area contributed by atoms with Crippen LogP contribution in [0, 0.1) is 0 Å². The van der Waals surface area contributed by atoms with E-state index >= 15 is 0 Å². The van der Waals surface area contributed by atoms with Gasteiger partial charge in [-0.05, 0) is 130 Å². The molecule has 0 heterocycles. The highest BCUT2D eigenvalue weighted by atomic mass is 15.1. The van der Waals surface area contributed by atoms with Gasteiger partial charge < -0.3 is 4.90 Å². The van der Waals surface area contributed by atoms with E-state index in [9.17, 15) is 0 Å². The van der Waals surface area contributed by atoms with Crippen LogP contribution < -0.4 is 4.90 Å². The molecule has 0 N–H and O–H groups in total. The van der Waals surface area contributed by atoms with Gasteiger partial charge in [0.15, 0.2) is 0 Å². The zero-order valence-electron chi connectivity index (χ0n) is 34.0. The van der Waals surface area contributed by atoms with Crippen molar-refractivity contribution in [2.45, 2.75) is 5.41 Å². The van der Waals surface area contributed by atoms with Crippen LogP contribution in [-0.4, -0.2) is 0 Å². The Bertz CT molecular complexity index is 3530. The Hall–Kier alpha value is -8.00. The minimum atomic E-state index is -0.460. The van der Waals surface area contributed by atoms with E-state index in [1.54, 1.807) is 0 Å². The van der Waals surface area contributed by atoms with Crippen LogP contribution in [0.25, 0.3) is 76.8 Å². The molecule has 0 amide bonds. The van der Waals surface area contributed by atoms with Crippen molar-refractivity contribution in [3.63, 3.8) is 0 Å². The molecule has 1 spiro atoms. The van der Waals surface area contributed by atoms with Crippen molar-refractivity contribution in [2.75, 3.05) is 4.90 Å². The Morgan fingerprint density at radius 2 is 0.806 bits per heavy atom. The predicted molar refractivity (Wildman–Crippen MR) is 261 cm³/mol. The lowest BCUT2D eigenvalue weighted by atomic mass is 9.70. The Labute approximate surface area is 361 Å². The molecule has 62 heavy (non-hydrogen) atoms. The first-order valence-corrected chi connectivity index (χ1v) is 21.6.